The summed E-state index contributed by atoms with van der Waals surface area (Å²) in [4.78, 5) is 28.6. The van der Waals surface area contributed by atoms with Gasteiger partial charge in [-0.25, -0.2) is 0 Å². The Labute approximate surface area is 185 Å². The van der Waals surface area contributed by atoms with Crippen LogP contribution in [0, 0.1) is 5.92 Å². The Morgan fingerprint density at radius 1 is 1.27 bits per heavy atom. The predicted octanol–water partition coefficient (Wildman–Crippen LogP) is 2.67. The first kappa shape index (κ1) is 24.5. The molecule has 1 aliphatic heterocycles. The molecule has 1 aliphatic rings. The third kappa shape index (κ3) is 8.19. The minimum absolute atomic E-state index is 0.0289. The summed E-state index contributed by atoms with van der Waals surface area (Å²) in [6, 6.07) is 7.89. The number of methoxy groups -OCH3 is 1. The van der Waals surface area contributed by atoms with Crippen LogP contribution in [-0.4, -0.2) is 80.0 Å². The number of carbonyl (C=O) groups excluding carboxylic acids is 2. The van der Waals surface area contributed by atoms with Crippen LogP contribution in [0.4, 0.5) is 0 Å². The van der Waals surface area contributed by atoms with E-state index in [1.165, 1.54) is 12.5 Å². The van der Waals surface area contributed by atoms with Crippen molar-refractivity contribution in [2.24, 2.45) is 5.92 Å². The molecule has 1 heterocycles. The number of ether oxygens (including phenoxy) is 1. The zero-order chi connectivity index (χ0) is 21.9. The molecule has 1 atom stereocenters. The van der Waals surface area contributed by atoms with Crippen LogP contribution in [0.2, 0.25) is 0 Å². The van der Waals surface area contributed by atoms with Crippen molar-refractivity contribution in [3.8, 4) is 5.75 Å². The Balaban J connectivity index is 1.74. The molecule has 0 aliphatic carbocycles. The van der Waals surface area contributed by atoms with E-state index >= 15 is 0 Å². The summed E-state index contributed by atoms with van der Waals surface area (Å²) in [5, 5.41) is 2.82. The first-order chi connectivity index (χ1) is 14.4. The molecule has 7 heteroatoms. The Kier molecular flexibility index (Phi) is 10.5. The van der Waals surface area contributed by atoms with Crippen molar-refractivity contribution in [3.05, 3.63) is 29.8 Å². The van der Waals surface area contributed by atoms with Crippen LogP contribution in [0.3, 0.4) is 0 Å². The van der Waals surface area contributed by atoms with Gasteiger partial charge >= 0.3 is 0 Å². The predicted molar refractivity (Wildman–Crippen MR) is 124 cm³/mol. The molecular formula is C23H37N3O3S. The molecule has 2 rings (SSSR count). The van der Waals surface area contributed by atoms with Crippen LogP contribution < -0.4 is 10.1 Å². The Morgan fingerprint density at radius 2 is 1.93 bits per heavy atom. The van der Waals surface area contributed by atoms with E-state index in [1.54, 1.807) is 18.9 Å². The quantitative estimate of drug-likeness (QED) is 0.579. The van der Waals surface area contributed by atoms with Crippen LogP contribution in [0.15, 0.2) is 24.3 Å². The molecule has 1 aromatic carbocycles. The number of rotatable bonds is 11. The highest BCUT2D eigenvalue weighted by atomic mass is 32.2. The second-order valence-corrected chi connectivity index (χ2v) is 9.12. The number of nitrogens with one attached hydrogen (secondary N) is 1. The van der Waals surface area contributed by atoms with E-state index in [4.69, 9.17) is 4.74 Å². The molecule has 1 N–H and O–H groups in total. The van der Waals surface area contributed by atoms with E-state index in [9.17, 15) is 9.59 Å². The SMILES string of the molecule is COc1ccc(CCN2CCC(CN(C)C(=O)[C@H](CCSC)NC(C)=O)CC2)cc1. The molecule has 0 bridgehead atoms. The molecular weight excluding hydrogens is 398 g/mol. The number of nitrogens with zero attached hydrogens (tertiary/aromatic N) is 2. The summed E-state index contributed by atoms with van der Waals surface area (Å²) < 4.78 is 5.22. The highest BCUT2D eigenvalue weighted by Crippen LogP contribution is 2.19. The summed E-state index contributed by atoms with van der Waals surface area (Å²) in [6.07, 6.45) is 5.95. The fraction of sp³-hybridized carbons (Fsp3) is 0.652. The average molecular weight is 436 g/mol. The smallest absolute Gasteiger partial charge is 0.244 e. The normalized spacial score (nSPS) is 16.1. The van der Waals surface area contributed by atoms with E-state index in [0.717, 1.165) is 56.9 Å². The summed E-state index contributed by atoms with van der Waals surface area (Å²) in [5.74, 6) is 2.16. The average Bonchev–Trinajstić information content (AvgIpc) is 2.75. The molecule has 2 amide bonds. The van der Waals surface area contributed by atoms with Crippen molar-refractivity contribution in [1.82, 2.24) is 15.1 Å². The van der Waals surface area contributed by atoms with Gasteiger partial charge in [0.2, 0.25) is 11.8 Å². The molecule has 0 unspecified atom stereocenters. The first-order valence-electron chi connectivity index (χ1n) is 10.8. The van der Waals surface area contributed by atoms with Gasteiger partial charge in [-0.3, -0.25) is 9.59 Å². The van der Waals surface area contributed by atoms with Crippen LogP contribution in [-0.2, 0) is 16.0 Å². The Bertz CT molecular complexity index is 660. The molecule has 0 aromatic heterocycles. The zero-order valence-corrected chi connectivity index (χ0v) is 19.7. The minimum Gasteiger partial charge on any atom is -0.497 e. The summed E-state index contributed by atoms with van der Waals surface area (Å²) in [6.45, 7) is 5.45. The number of carbonyl (C=O) groups is 2. The third-order valence-corrected chi connectivity index (χ3v) is 6.42. The monoisotopic (exact) mass is 435 g/mol. The number of piperidine rings is 1. The van der Waals surface area contributed by atoms with E-state index in [1.807, 2.05) is 30.3 Å². The number of likely N-dealkylation sites (tertiary alicyclic amines) is 1. The zero-order valence-electron chi connectivity index (χ0n) is 18.9. The van der Waals surface area contributed by atoms with Crippen LogP contribution in [0.1, 0.15) is 31.7 Å². The van der Waals surface area contributed by atoms with Gasteiger partial charge in [0.15, 0.2) is 0 Å². The maximum Gasteiger partial charge on any atom is 0.244 e. The Hall–Kier alpha value is -1.73. The van der Waals surface area contributed by atoms with Crippen LogP contribution >= 0.6 is 11.8 Å². The lowest BCUT2D eigenvalue weighted by molar-refractivity contribution is -0.135. The summed E-state index contributed by atoms with van der Waals surface area (Å²) in [7, 11) is 3.56. The largest absolute Gasteiger partial charge is 0.497 e. The van der Waals surface area contributed by atoms with E-state index in [0.29, 0.717) is 12.3 Å². The third-order valence-electron chi connectivity index (χ3n) is 5.78. The second-order valence-electron chi connectivity index (χ2n) is 8.14. The van der Waals surface area contributed by atoms with Crippen molar-refractivity contribution < 1.29 is 14.3 Å². The minimum atomic E-state index is -0.412. The molecule has 6 nitrogen and oxygen atoms in total. The molecule has 168 valence electrons. The highest BCUT2D eigenvalue weighted by molar-refractivity contribution is 7.98. The van der Waals surface area contributed by atoms with Crippen molar-refractivity contribution in [2.75, 3.05) is 52.3 Å². The number of likely N-dealkylation sites (N-methyl/N-ethyl adjacent to an activating group) is 1. The lowest BCUT2D eigenvalue weighted by atomic mass is 9.95. The van der Waals surface area contributed by atoms with Crippen molar-refractivity contribution in [3.63, 3.8) is 0 Å². The van der Waals surface area contributed by atoms with Gasteiger partial charge in [0.25, 0.3) is 0 Å². The maximum atomic E-state index is 12.8. The number of hydrogen-bond acceptors (Lipinski definition) is 5. The molecule has 0 spiro atoms. The van der Waals surface area contributed by atoms with Crippen molar-refractivity contribution in [1.29, 1.82) is 0 Å². The van der Waals surface area contributed by atoms with Gasteiger partial charge in [-0.1, -0.05) is 12.1 Å². The molecule has 1 saturated heterocycles. The van der Waals surface area contributed by atoms with E-state index in [2.05, 4.69) is 22.3 Å². The topological polar surface area (TPSA) is 61.9 Å². The maximum absolute atomic E-state index is 12.8. The van der Waals surface area contributed by atoms with E-state index < -0.39 is 6.04 Å². The second kappa shape index (κ2) is 12.8. The molecule has 0 radical (unpaired) electrons. The molecule has 1 fully saturated rings. The van der Waals surface area contributed by atoms with Gasteiger partial charge in [-0.2, -0.15) is 11.8 Å². The van der Waals surface area contributed by atoms with Gasteiger partial charge in [-0.05, 0) is 74.4 Å². The van der Waals surface area contributed by atoms with E-state index in [-0.39, 0.29) is 11.8 Å². The van der Waals surface area contributed by atoms with Gasteiger partial charge < -0.3 is 19.9 Å². The Morgan fingerprint density at radius 3 is 2.50 bits per heavy atom. The molecule has 1 aromatic rings. The van der Waals surface area contributed by atoms with Gasteiger partial charge in [-0.15, -0.1) is 0 Å². The molecule has 30 heavy (non-hydrogen) atoms. The summed E-state index contributed by atoms with van der Waals surface area (Å²) in [5.41, 5.74) is 1.33. The number of amides is 2. The summed E-state index contributed by atoms with van der Waals surface area (Å²) >= 11 is 1.69. The first-order valence-corrected chi connectivity index (χ1v) is 12.2. The van der Waals surface area contributed by atoms with Gasteiger partial charge in [0.1, 0.15) is 11.8 Å². The standard InChI is InChI=1S/C23H37N3O3S/c1-18(27)24-22(12-16-30-4)23(28)25(2)17-20-10-14-26(15-11-20)13-9-19-5-7-21(29-3)8-6-19/h5-8,20,22H,9-17H2,1-4H3,(H,24,27)/t22-/m0/s1. The fourth-order valence-electron chi connectivity index (χ4n) is 3.95. The van der Waals surface area contributed by atoms with Crippen LogP contribution in [0.25, 0.3) is 0 Å². The number of hydrogen-bond donors (Lipinski definition) is 1. The number of benzene rings is 1. The van der Waals surface area contributed by atoms with Gasteiger partial charge in [0.05, 0.1) is 7.11 Å². The van der Waals surface area contributed by atoms with Crippen LogP contribution in [0.5, 0.6) is 5.75 Å². The fourth-order valence-corrected chi connectivity index (χ4v) is 4.43. The molecule has 0 saturated carbocycles. The van der Waals surface area contributed by atoms with Crippen molar-refractivity contribution >= 4 is 23.6 Å². The lowest BCUT2D eigenvalue weighted by Gasteiger charge is -2.34. The van der Waals surface area contributed by atoms with Crippen molar-refractivity contribution in [2.45, 2.75) is 38.6 Å². The number of thioether (sulfide) groups is 1. The highest BCUT2D eigenvalue weighted by Gasteiger charge is 2.26. The van der Waals surface area contributed by atoms with Gasteiger partial charge in [0, 0.05) is 27.1 Å². The lowest BCUT2D eigenvalue weighted by Crippen LogP contribution is -2.49.